The van der Waals surface area contributed by atoms with E-state index in [-0.39, 0.29) is 28.9 Å². The number of hydrogen-bond acceptors (Lipinski definition) is 8. The zero-order chi connectivity index (χ0) is 25.4. The average Bonchev–Trinajstić information content (AvgIpc) is 3.25. The molecule has 0 atom stereocenters. The van der Waals surface area contributed by atoms with Crippen LogP contribution in [0.4, 0.5) is 20.7 Å². The third-order valence-corrected chi connectivity index (χ3v) is 7.37. The van der Waals surface area contributed by atoms with Gasteiger partial charge < -0.3 is 20.5 Å². The van der Waals surface area contributed by atoms with Gasteiger partial charge in [-0.05, 0) is 38.8 Å². The van der Waals surface area contributed by atoms with E-state index in [0.29, 0.717) is 22.8 Å². The molecule has 0 spiro atoms. The summed E-state index contributed by atoms with van der Waals surface area (Å²) in [5.74, 6) is -0.286. The maximum atomic E-state index is 15.3. The van der Waals surface area contributed by atoms with Crippen molar-refractivity contribution >= 4 is 28.6 Å². The minimum Gasteiger partial charge on any atom is -0.495 e. The van der Waals surface area contributed by atoms with Gasteiger partial charge in [-0.15, -0.1) is 0 Å². The second-order valence-electron chi connectivity index (χ2n) is 9.51. The highest BCUT2D eigenvalue weighted by Crippen LogP contribution is 2.40. The van der Waals surface area contributed by atoms with E-state index in [1.165, 1.54) is 19.5 Å². The first-order valence-electron chi connectivity index (χ1n) is 12.1. The topological polar surface area (TPSA) is 135 Å². The number of methoxy groups -OCH3 is 1. The molecule has 1 aliphatic heterocycles. The number of ether oxygens (including phenoxy) is 1. The Hall–Kier alpha value is -3.51. The minimum absolute atomic E-state index is 0.00133. The van der Waals surface area contributed by atoms with Crippen LogP contribution in [0.2, 0.25) is 0 Å². The normalized spacial score (nSPS) is 21.5. The third kappa shape index (κ3) is 4.53. The Morgan fingerprint density at radius 3 is 2.50 bits per heavy atom. The van der Waals surface area contributed by atoms with Crippen molar-refractivity contribution in [3.05, 3.63) is 24.3 Å². The zero-order valence-electron chi connectivity index (χ0n) is 20.4. The first-order valence-corrected chi connectivity index (χ1v) is 12.1. The van der Waals surface area contributed by atoms with Crippen molar-refractivity contribution in [3.8, 4) is 17.0 Å². The molecule has 36 heavy (non-hydrogen) atoms. The Morgan fingerprint density at radius 2 is 1.83 bits per heavy atom. The van der Waals surface area contributed by atoms with Gasteiger partial charge >= 0.3 is 6.09 Å². The van der Waals surface area contributed by atoms with Crippen LogP contribution in [0.25, 0.3) is 22.3 Å². The van der Waals surface area contributed by atoms with Crippen molar-refractivity contribution < 1.29 is 19.0 Å². The summed E-state index contributed by atoms with van der Waals surface area (Å²) in [6.07, 6.45) is 4.06. The standard InChI is InChI=1S/C24H31FN8O3/c1-31-7-9-32(10-8-31)14-3-5-15(6-4-14)33-23-20(22(26)27-13-28-23)21(30-33)16-11-19(36-2)18(12-17(16)25)29-24(34)35/h11-15,29H,3-10H2,1-2H3,(H,34,35)(H2,26,27,28). The number of aromatic nitrogens is 4. The number of carbonyl (C=O) groups is 1. The largest absolute Gasteiger partial charge is 0.495 e. The number of likely N-dealkylation sites (N-methyl/N-ethyl adjacent to an activating group) is 1. The van der Waals surface area contributed by atoms with E-state index in [1.807, 2.05) is 4.68 Å². The number of hydrogen-bond donors (Lipinski definition) is 3. The summed E-state index contributed by atoms with van der Waals surface area (Å²) >= 11 is 0. The molecule has 3 heterocycles. The van der Waals surface area contributed by atoms with Crippen LogP contribution in [0.15, 0.2) is 18.5 Å². The van der Waals surface area contributed by atoms with Crippen LogP contribution in [0.1, 0.15) is 31.7 Å². The van der Waals surface area contributed by atoms with Crippen molar-refractivity contribution in [2.24, 2.45) is 0 Å². The molecule has 3 aromatic rings. The molecule has 0 radical (unpaired) electrons. The molecule has 1 amide bonds. The van der Waals surface area contributed by atoms with Crippen molar-refractivity contribution in [1.82, 2.24) is 29.5 Å². The molecule has 2 aliphatic rings. The Morgan fingerprint density at radius 1 is 1.14 bits per heavy atom. The van der Waals surface area contributed by atoms with Gasteiger partial charge in [0.2, 0.25) is 0 Å². The summed E-state index contributed by atoms with van der Waals surface area (Å²) < 4.78 is 22.4. The molecule has 2 aromatic heterocycles. The highest BCUT2D eigenvalue weighted by molar-refractivity contribution is 5.99. The molecule has 1 saturated heterocycles. The second-order valence-corrected chi connectivity index (χ2v) is 9.51. The molecule has 1 aliphatic carbocycles. The fourth-order valence-corrected chi connectivity index (χ4v) is 5.41. The minimum atomic E-state index is -1.32. The number of halogens is 1. The SMILES string of the molecule is COc1cc(-c2nn(C3CCC(N4CCN(C)CC4)CC3)c3ncnc(N)c23)c(F)cc1NC(=O)O. The molecule has 0 unspecified atom stereocenters. The van der Waals surface area contributed by atoms with Crippen LogP contribution in [0.3, 0.4) is 0 Å². The summed E-state index contributed by atoms with van der Waals surface area (Å²) in [6.45, 7) is 4.38. The van der Waals surface area contributed by atoms with Crippen LogP contribution in [0.5, 0.6) is 5.75 Å². The number of carboxylic acid groups (broad SMARTS) is 1. The van der Waals surface area contributed by atoms with Gasteiger partial charge in [0.05, 0.1) is 24.2 Å². The lowest BCUT2D eigenvalue weighted by Crippen LogP contribution is -2.49. The highest BCUT2D eigenvalue weighted by atomic mass is 19.1. The van der Waals surface area contributed by atoms with Gasteiger partial charge in [0.1, 0.15) is 29.4 Å². The van der Waals surface area contributed by atoms with E-state index in [4.69, 9.17) is 20.7 Å². The quantitative estimate of drug-likeness (QED) is 0.485. The monoisotopic (exact) mass is 498 g/mol. The number of amides is 1. The summed E-state index contributed by atoms with van der Waals surface area (Å²) in [5, 5.41) is 16.5. The van der Waals surface area contributed by atoms with Crippen molar-refractivity contribution in [2.45, 2.75) is 37.8 Å². The van der Waals surface area contributed by atoms with Crippen molar-refractivity contribution in [1.29, 1.82) is 0 Å². The highest BCUT2D eigenvalue weighted by Gasteiger charge is 2.31. The van der Waals surface area contributed by atoms with Gasteiger partial charge in [-0.1, -0.05) is 0 Å². The summed E-state index contributed by atoms with van der Waals surface area (Å²) in [5.41, 5.74) is 7.23. The summed E-state index contributed by atoms with van der Waals surface area (Å²) in [6, 6.07) is 3.17. The number of nitrogens with zero attached hydrogens (tertiary/aromatic N) is 6. The molecule has 5 rings (SSSR count). The fraction of sp³-hybridized carbons (Fsp3) is 0.500. The van der Waals surface area contributed by atoms with E-state index < -0.39 is 11.9 Å². The molecule has 2 fully saturated rings. The number of piperazine rings is 1. The van der Waals surface area contributed by atoms with Crippen molar-refractivity contribution in [2.75, 3.05) is 51.4 Å². The second kappa shape index (κ2) is 9.86. The molecule has 4 N–H and O–H groups in total. The van der Waals surface area contributed by atoms with E-state index in [1.54, 1.807) is 0 Å². The number of anilines is 2. The first kappa shape index (κ1) is 24.2. The third-order valence-electron chi connectivity index (χ3n) is 7.37. The number of nitrogens with two attached hydrogens (primary N) is 1. The van der Waals surface area contributed by atoms with Crippen LogP contribution in [0, 0.1) is 5.82 Å². The predicted octanol–water partition coefficient (Wildman–Crippen LogP) is 3.04. The van der Waals surface area contributed by atoms with Crippen LogP contribution in [-0.2, 0) is 0 Å². The Bertz CT molecular complexity index is 1270. The Balaban J connectivity index is 1.47. The van der Waals surface area contributed by atoms with Crippen molar-refractivity contribution in [3.63, 3.8) is 0 Å². The molecular formula is C24H31FN8O3. The average molecular weight is 499 g/mol. The summed E-state index contributed by atoms with van der Waals surface area (Å²) in [4.78, 5) is 24.6. The van der Waals surface area contributed by atoms with Gasteiger partial charge in [0.15, 0.2) is 5.65 Å². The lowest BCUT2D eigenvalue weighted by atomic mass is 9.90. The van der Waals surface area contributed by atoms with Gasteiger partial charge in [-0.3, -0.25) is 10.2 Å². The van der Waals surface area contributed by atoms with Gasteiger partial charge in [0, 0.05) is 43.9 Å². The van der Waals surface area contributed by atoms with Gasteiger partial charge in [0.25, 0.3) is 0 Å². The lowest BCUT2D eigenvalue weighted by Gasteiger charge is -2.41. The fourth-order valence-electron chi connectivity index (χ4n) is 5.41. The molecule has 192 valence electrons. The molecule has 0 bridgehead atoms. The number of nitrogen functional groups attached to an aromatic ring is 1. The first-order chi connectivity index (χ1) is 17.4. The molecular weight excluding hydrogens is 467 g/mol. The number of fused-ring (bicyclic) bond motifs is 1. The molecule has 1 saturated carbocycles. The number of nitrogens with one attached hydrogen (secondary N) is 1. The van der Waals surface area contributed by atoms with Crippen LogP contribution >= 0.6 is 0 Å². The van der Waals surface area contributed by atoms with Gasteiger partial charge in [-0.25, -0.2) is 23.8 Å². The predicted molar refractivity (Wildman–Crippen MR) is 134 cm³/mol. The molecule has 12 heteroatoms. The Labute approximate surface area is 208 Å². The van der Waals surface area contributed by atoms with Crippen LogP contribution in [-0.4, -0.2) is 87.1 Å². The van der Waals surface area contributed by atoms with Crippen LogP contribution < -0.4 is 15.8 Å². The molecule has 1 aromatic carbocycles. The Kier molecular flexibility index (Phi) is 6.63. The van der Waals surface area contributed by atoms with E-state index in [0.717, 1.165) is 57.9 Å². The lowest BCUT2D eigenvalue weighted by molar-refractivity contribution is 0.0815. The molecule has 11 nitrogen and oxygen atoms in total. The smallest absolute Gasteiger partial charge is 0.409 e. The van der Waals surface area contributed by atoms with Gasteiger partial charge in [-0.2, -0.15) is 5.10 Å². The maximum absolute atomic E-state index is 15.3. The maximum Gasteiger partial charge on any atom is 0.409 e. The van der Waals surface area contributed by atoms with E-state index in [2.05, 4.69) is 32.1 Å². The number of rotatable bonds is 5. The zero-order valence-corrected chi connectivity index (χ0v) is 20.4. The van der Waals surface area contributed by atoms with E-state index in [9.17, 15) is 4.79 Å². The summed E-state index contributed by atoms with van der Waals surface area (Å²) in [7, 11) is 3.55. The van der Waals surface area contributed by atoms with E-state index >= 15 is 4.39 Å². The number of benzene rings is 1.